The summed E-state index contributed by atoms with van der Waals surface area (Å²) < 4.78 is 19.8. The van der Waals surface area contributed by atoms with Gasteiger partial charge in [-0.25, -0.2) is 4.39 Å². The van der Waals surface area contributed by atoms with Gasteiger partial charge in [-0.2, -0.15) is 0 Å². The lowest BCUT2D eigenvalue weighted by Gasteiger charge is -2.33. The minimum absolute atomic E-state index is 0.271. The van der Waals surface area contributed by atoms with Gasteiger partial charge in [-0.3, -0.25) is 9.59 Å². The summed E-state index contributed by atoms with van der Waals surface area (Å²) in [6, 6.07) is 17.4. The number of rotatable bonds is 8. The predicted molar refractivity (Wildman–Crippen MR) is 133 cm³/mol. The number of benzene rings is 3. The Morgan fingerprint density at radius 1 is 0.889 bits per heavy atom. The molecule has 1 aromatic heterocycles. The fraction of sp³-hybridized carbons (Fsp3) is 0.185. The Morgan fingerprint density at radius 2 is 1.47 bits per heavy atom. The number of hydrogen-bond acceptors (Lipinski definition) is 6. The topological polar surface area (TPSA) is 123 Å². The lowest BCUT2D eigenvalue weighted by Crippen LogP contribution is -2.34. The molecule has 0 aliphatic heterocycles. The average molecular weight is 486 g/mol. The number of carbonyl (C=O) groups excluding carboxylic acids is 2. The molecule has 0 unspecified atom stereocenters. The van der Waals surface area contributed by atoms with Gasteiger partial charge in [0.15, 0.2) is 0 Å². The number of halogens is 1. The third-order valence-corrected chi connectivity index (χ3v) is 6.65. The van der Waals surface area contributed by atoms with Crippen LogP contribution in [0.15, 0.2) is 65.1 Å². The number of aromatic nitrogens is 2. The van der Waals surface area contributed by atoms with E-state index in [1.165, 1.54) is 12.1 Å². The van der Waals surface area contributed by atoms with Crippen molar-refractivity contribution in [1.29, 1.82) is 0 Å². The predicted octanol–water partition coefficient (Wildman–Crippen LogP) is 3.79. The lowest BCUT2D eigenvalue weighted by atomic mass is 9.70. The van der Waals surface area contributed by atoms with Crippen LogP contribution in [-0.2, 0) is 27.8 Å². The van der Waals surface area contributed by atoms with E-state index in [4.69, 9.17) is 10.2 Å². The average Bonchev–Trinajstić information content (AvgIpc) is 3.34. The molecular weight excluding hydrogens is 461 g/mol. The monoisotopic (exact) mass is 485 g/mol. The van der Waals surface area contributed by atoms with Gasteiger partial charge in [0.1, 0.15) is 11.2 Å². The molecule has 0 bridgehead atoms. The Bertz CT molecular complexity index is 1360. The van der Waals surface area contributed by atoms with Gasteiger partial charge in [0.05, 0.1) is 0 Å². The quantitative estimate of drug-likeness (QED) is 0.326. The zero-order valence-corrected chi connectivity index (χ0v) is 19.3. The highest BCUT2D eigenvalue weighted by Crippen LogP contribution is 2.47. The SMILES string of the molecule is NCCC1(c2nnc(-c3ccc(F)cc3)o2)c2ccc(NC=O)cc2CCc2cc(NC=O)ccc21. The van der Waals surface area contributed by atoms with Gasteiger partial charge in [0.2, 0.25) is 24.6 Å². The molecule has 1 aliphatic rings. The third-order valence-electron chi connectivity index (χ3n) is 6.65. The third kappa shape index (κ3) is 4.03. The van der Waals surface area contributed by atoms with Crippen LogP contribution >= 0.6 is 0 Å². The molecule has 0 fully saturated rings. The molecule has 0 saturated heterocycles. The zero-order chi connectivity index (χ0) is 25.1. The second-order valence-electron chi connectivity index (χ2n) is 8.63. The van der Waals surface area contributed by atoms with Crippen LogP contribution in [0.2, 0.25) is 0 Å². The highest BCUT2D eigenvalue weighted by molar-refractivity contribution is 5.74. The van der Waals surface area contributed by atoms with Gasteiger partial charge in [-0.05, 0) is 96.6 Å². The van der Waals surface area contributed by atoms with Crippen LogP contribution in [0.25, 0.3) is 11.5 Å². The fourth-order valence-corrected chi connectivity index (χ4v) is 5.09. The van der Waals surface area contributed by atoms with Crippen molar-refractivity contribution in [1.82, 2.24) is 10.2 Å². The van der Waals surface area contributed by atoms with E-state index in [0.29, 0.717) is 61.5 Å². The Hall–Kier alpha value is -4.37. The van der Waals surface area contributed by atoms with E-state index in [-0.39, 0.29) is 11.7 Å². The molecule has 1 aliphatic carbocycles. The highest BCUT2D eigenvalue weighted by Gasteiger charge is 2.45. The Morgan fingerprint density at radius 3 is 2.00 bits per heavy atom. The Kier molecular flexibility index (Phi) is 6.30. The van der Waals surface area contributed by atoms with E-state index in [2.05, 4.69) is 20.8 Å². The minimum Gasteiger partial charge on any atom is -0.419 e. The molecule has 5 rings (SSSR count). The van der Waals surface area contributed by atoms with Crippen molar-refractivity contribution < 1.29 is 18.4 Å². The van der Waals surface area contributed by atoms with Gasteiger partial charge in [-0.1, -0.05) is 12.1 Å². The first-order valence-electron chi connectivity index (χ1n) is 11.6. The fourth-order valence-electron chi connectivity index (χ4n) is 5.09. The smallest absolute Gasteiger partial charge is 0.247 e. The number of fused-ring (bicyclic) bond motifs is 2. The molecule has 0 spiro atoms. The summed E-state index contributed by atoms with van der Waals surface area (Å²) in [6.45, 7) is 0.329. The normalized spacial score (nSPS) is 13.7. The van der Waals surface area contributed by atoms with Crippen LogP contribution in [0.1, 0.15) is 34.6 Å². The van der Waals surface area contributed by atoms with E-state index in [1.54, 1.807) is 12.1 Å². The molecule has 8 nitrogen and oxygen atoms in total. The van der Waals surface area contributed by atoms with Crippen molar-refractivity contribution >= 4 is 24.2 Å². The Balaban J connectivity index is 1.75. The lowest BCUT2D eigenvalue weighted by molar-refractivity contribution is -0.106. The van der Waals surface area contributed by atoms with Crippen molar-refractivity contribution in [2.24, 2.45) is 5.73 Å². The number of aryl methyl sites for hydroxylation is 2. The number of nitrogens with one attached hydrogen (secondary N) is 2. The van der Waals surface area contributed by atoms with Crippen LogP contribution in [0.4, 0.5) is 15.8 Å². The summed E-state index contributed by atoms with van der Waals surface area (Å²) in [5.41, 5.74) is 11.2. The highest BCUT2D eigenvalue weighted by atomic mass is 19.1. The van der Waals surface area contributed by atoms with Crippen LogP contribution in [0.3, 0.4) is 0 Å². The van der Waals surface area contributed by atoms with E-state index < -0.39 is 5.41 Å². The van der Waals surface area contributed by atoms with Crippen molar-refractivity contribution in [2.45, 2.75) is 24.7 Å². The molecule has 0 radical (unpaired) electrons. The van der Waals surface area contributed by atoms with Crippen LogP contribution in [0.5, 0.6) is 0 Å². The second-order valence-corrected chi connectivity index (χ2v) is 8.63. The van der Waals surface area contributed by atoms with Crippen molar-refractivity contribution in [3.63, 3.8) is 0 Å². The van der Waals surface area contributed by atoms with Gasteiger partial charge >= 0.3 is 0 Å². The Labute approximate surface area is 206 Å². The van der Waals surface area contributed by atoms with Crippen molar-refractivity contribution in [3.8, 4) is 11.5 Å². The molecule has 2 amide bonds. The maximum absolute atomic E-state index is 13.5. The number of amides is 2. The maximum Gasteiger partial charge on any atom is 0.247 e. The maximum atomic E-state index is 13.5. The van der Waals surface area contributed by atoms with Crippen LogP contribution < -0.4 is 16.4 Å². The number of anilines is 2. The van der Waals surface area contributed by atoms with Crippen LogP contribution in [-0.4, -0.2) is 29.6 Å². The molecule has 9 heteroatoms. The first kappa shape index (κ1) is 23.4. The van der Waals surface area contributed by atoms with Crippen molar-refractivity contribution in [2.75, 3.05) is 17.2 Å². The molecule has 3 aromatic carbocycles. The molecule has 0 atom stereocenters. The molecule has 36 heavy (non-hydrogen) atoms. The standard InChI is InChI=1S/C27H24FN5O3/c28-20-5-3-17(4-6-20)25-32-33-26(36-25)27(11-12-29)23-9-7-21(30-15-34)13-18(23)1-2-19-14-22(31-16-35)8-10-24(19)27/h3-10,13-16H,1-2,11-12,29H2,(H,30,34)(H,31,35). The summed E-state index contributed by atoms with van der Waals surface area (Å²) in [4.78, 5) is 22.2. The van der Waals surface area contributed by atoms with Gasteiger partial charge in [0, 0.05) is 16.9 Å². The van der Waals surface area contributed by atoms with E-state index in [0.717, 1.165) is 22.3 Å². The van der Waals surface area contributed by atoms with Gasteiger partial charge < -0.3 is 20.8 Å². The van der Waals surface area contributed by atoms with E-state index in [1.807, 2.05) is 36.4 Å². The number of nitrogens with zero attached hydrogens (tertiary/aromatic N) is 2. The summed E-state index contributed by atoms with van der Waals surface area (Å²) in [5.74, 6) is 0.278. The summed E-state index contributed by atoms with van der Waals surface area (Å²) in [7, 11) is 0. The molecule has 4 aromatic rings. The van der Waals surface area contributed by atoms with Gasteiger partial charge in [-0.15, -0.1) is 10.2 Å². The molecule has 0 saturated carbocycles. The molecule has 182 valence electrons. The number of carbonyl (C=O) groups is 2. The largest absolute Gasteiger partial charge is 0.419 e. The zero-order valence-electron chi connectivity index (χ0n) is 19.3. The molecular formula is C27H24FN5O3. The summed E-state index contributed by atoms with van der Waals surface area (Å²) in [5, 5.41) is 14.2. The number of nitrogens with two attached hydrogens (primary N) is 1. The van der Waals surface area contributed by atoms with E-state index in [9.17, 15) is 14.0 Å². The molecule has 4 N–H and O–H groups in total. The van der Waals surface area contributed by atoms with Gasteiger partial charge in [0.25, 0.3) is 0 Å². The summed E-state index contributed by atoms with van der Waals surface area (Å²) in [6.07, 6.45) is 3.13. The second kappa shape index (κ2) is 9.71. The van der Waals surface area contributed by atoms with Crippen molar-refractivity contribution in [3.05, 3.63) is 94.6 Å². The first-order chi connectivity index (χ1) is 17.6. The van der Waals surface area contributed by atoms with E-state index >= 15 is 0 Å². The van der Waals surface area contributed by atoms with Crippen LogP contribution in [0, 0.1) is 5.82 Å². The summed E-state index contributed by atoms with van der Waals surface area (Å²) >= 11 is 0. The molecule has 1 heterocycles. The number of hydrogen-bond donors (Lipinski definition) is 3. The minimum atomic E-state index is -0.874. The first-order valence-corrected chi connectivity index (χ1v) is 11.6.